The van der Waals surface area contributed by atoms with Gasteiger partial charge in [-0.05, 0) is 81.9 Å². The predicted octanol–water partition coefficient (Wildman–Crippen LogP) is 5.50. The number of para-hydroxylation sites is 2. The summed E-state index contributed by atoms with van der Waals surface area (Å²) in [7, 11) is 0. The molecule has 202 valence electrons. The van der Waals surface area contributed by atoms with E-state index in [4.69, 9.17) is 9.47 Å². The summed E-state index contributed by atoms with van der Waals surface area (Å²) in [5, 5.41) is 23.5. The maximum absolute atomic E-state index is 10.2. The van der Waals surface area contributed by atoms with Crippen LogP contribution in [-0.2, 0) is 12.8 Å². The van der Waals surface area contributed by atoms with Gasteiger partial charge in [0.2, 0.25) is 0 Å². The second-order valence-corrected chi connectivity index (χ2v) is 9.62. The van der Waals surface area contributed by atoms with Crippen molar-refractivity contribution < 1.29 is 19.7 Å². The normalized spacial score (nSPS) is 18.2. The number of fused-ring (bicyclic) bond motifs is 2. The average molecular weight is 542 g/mol. The lowest BCUT2D eigenvalue weighted by atomic mass is 9.86. The third-order valence-electron chi connectivity index (χ3n) is 7.06. The predicted molar refractivity (Wildman–Crippen MR) is 150 cm³/mol. The molecule has 36 heavy (non-hydrogen) atoms. The summed E-state index contributed by atoms with van der Waals surface area (Å²) in [5.74, 6) is 1.76. The molecule has 1 heterocycles. The van der Waals surface area contributed by atoms with E-state index in [1.165, 1.54) is 31.2 Å². The number of hydrogen-bond acceptors (Lipinski definition) is 6. The minimum atomic E-state index is 0. The molecule has 0 fully saturated rings. The van der Waals surface area contributed by atoms with Crippen molar-refractivity contribution in [3.8, 4) is 23.0 Å². The van der Waals surface area contributed by atoms with Crippen molar-refractivity contribution in [1.82, 2.24) is 10.2 Å². The van der Waals surface area contributed by atoms with E-state index in [9.17, 15) is 10.2 Å². The fourth-order valence-electron chi connectivity index (χ4n) is 5.22. The molecule has 2 aromatic rings. The van der Waals surface area contributed by atoms with Crippen LogP contribution in [0, 0.1) is 0 Å². The van der Waals surface area contributed by atoms with E-state index < -0.39 is 0 Å². The molecule has 0 saturated heterocycles. The Morgan fingerprint density at radius 3 is 2.56 bits per heavy atom. The molecular formula is C28H42Cl2N2O4. The first-order valence-electron chi connectivity index (χ1n) is 13.0. The van der Waals surface area contributed by atoms with Gasteiger partial charge in [-0.3, -0.25) is 0 Å². The van der Waals surface area contributed by atoms with Crippen LogP contribution in [0.4, 0.5) is 0 Å². The van der Waals surface area contributed by atoms with Gasteiger partial charge in [-0.25, -0.2) is 0 Å². The van der Waals surface area contributed by atoms with Gasteiger partial charge in [-0.15, -0.1) is 24.8 Å². The smallest absolute Gasteiger partial charge is 0.161 e. The molecule has 4 rings (SSSR count). The number of benzene rings is 2. The summed E-state index contributed by atoms with van der Waals surface area (Å²) in [5.41, 5.74) is 2.13. The van der Waals surface area contributed by atoms with Gasteiger partial charge < -0.3 is 29.9 Å². The zero-order chi connectivity index (χ0) is 23.8. The number of halogens is 2. The number of phenols is 2. The number of phenolic OH excluding ortho intramolecular Hbond substituents is 2. The van der Waals surface area contributed by atoms with Crippen LogP contribution in [-0.4, -0.2) is 60.0 Å². The molecule has 8 heteroatoms. The Morgan fingerprint density at radius 2 is 1.75 bits per heavy atom. The summed E-state index contributed by atoms with van der Waals surface area (Å²) < 4.78 is 11.8. The van der Waals surface area contributed by atoms with Gasteiger partial charge in [-0.1, -0.05) is 38.0 Å². The summed E-state index contributed by atoms with van der Waals surface area (Å²) in [6, 6.07) is 12.0. The summed E-state index contributed by atoms with van der Waals surface area (Å²) in [4.78, 5) is 2.64. The number of unbranched alkanes of at least 4 members (excludes halogenated alkanes) is 3. The highest BCUT2D eigenvalue weighted by molar-refractivity contribution is 5.85. The molecule has 0 saturated carbocycles. The fourth-order valence-corrected chi connectivity index (χ4v) is 5.22. The lowest BCUT2D eigenvalue weighted by Gasteiger charge is -2.35. The molecule has 1 aliphatic heterocycles. The first kappa shape index (κ1) is 30.4. The number of nitrogens with zero attached hydrogens (tertiary/aromatic N) is 1. The molecule has 1 aliphatic carbocycles. The molecule has 0 aromatic heterocycles. The first-order chi connectivity index (χ1) is 16.7. The Kier molecular flexibility index (Phi) is 13.0. The molecule has 0 radical (unpaired) electrons. The van der Waals surface area contributed by atoms with E-state index in [1.54, 1.807) is 6.07 Å². The van der Waals surface area contributed by atoms with Crippen molar-refractivity contribution in [2.75, 3.05) is 32.8 Å². The molecule has 0 amide bonds. The quantitative estimate of drug-likeness (QED) is 0.244. The van der Waals surface area contributed by atoms with Gasteiger partial charge in [0.25, 0.3) is 0 Å². The maximum atomic E-state index is 10.2. The molecule has 2 aliphatic rings. The van der Waals surface area contributed by atoms with Gasteiger partial charge >= 0.3 is 0 Å². The van der Waals surface area contributed by atoms with Crippen molar-refractivity contribution in [2.45, 2.75) is 70.4 Å². The SMILES string of the molecule is CCCN(CCCCCCNCC1COc2ccccc2O1)C1CCc2c(ccc(O)c2O)C1.Cl.Cl. The lowest BCUT2D eigenvalue weighted by Crippen LogP contribution is -2.40. The first-order valence-corrected chi connectivity index (χ1v) is 13.0. The lowest BCUT2D eigenvalue weighted by molar-refractivity contribution is 0.0905. The average Bonchev–Trinajstić information content (AvgIpc) is 2.87. The van der Waals surface area contributed by atoms with Crippen LogP contribution in [0.1, 0.15) is 56.6 Å². The van der Waals surface area contributed by atoms with Crippen LogP contribution >= 0.6 is 24.8 Å². The third-order valence-corrected chi connectivity index (χ3v) is 7.06. The standard InChI is InChI=1S/C28H40N2O4.2ClH/c1-2-16-30(22-12-13-24-21(18-22)11-14-25(31)28(24)32)17-8-4-3-7-15-29-19-23-20-33-26-9-5-6-10-27(26)34-23;;/h5-6,9-11,14,22-23,29,31-32H,2-4,7-8,12-13,15-20H2,1H3;2*1H. The van der Waals surface area contributed by atoms with Gasteiger partial charge in [-0.2, -0.15) is 0 Å². The Balaban J connectivity index is 0.00000228. The van der Waals surface area contributed by atoms with E-state index in [1.807, 2.05) is 30.3 Å². The second-order valence-electron chi connectivity index (χ2n) is 9.62. The summed E-state index contributed by atoms with van der Waals surface area (Å²) >= 11 is 0. The molecule has 2 unspecified atom stereocenters. The van der Waals surface area contributed by atoms with Gasteiger partial charge in [0, 0.05) is 18.2 Å². The Labute approximate surface area is 228 Å². The van der Waals surface area contributed by atoms with Crippen LogP contribution in [0.2, 0.25) is 0 Å². The molecule has 2 aromatic carbocycles. The molecule has 3 N–H and O–H groups in total. The Morgan fingerprint density at radius 1 is 0.972 bits per heavy atom. The van der Waals surface area contributed by atoms with Crippen LogP contribution in [0.25, 0.3) is 0 Å². The molecule has 0 spiro atoms. The molecule has 2 atom stereocenters. The number of aromatic hydroxyl groups is 2. The van der Waals surface area contributed by atoms with Crippen LogP contribution in [0.3, 0.4) is 0 Å². The van der Waals surface area contributed by atoms with E-state index in [-0.39, 0.29) is 42.4 Å². The maximum Gasteiger partial charge on any atom is 0.161 e. The van der Waals surface area contributed by atoms with Crippen molar-refractivity contribution in [1.29, 1.82) is 0 Å². The van der Waals surface area contributed by atoms with Gasteiger partial charge in [0.05, 0.1) is 0 Å². The summed E-state index contributed by atoms with van der Waals surface area (Å²) in [6.45, 7) is 6.93. The van der Waals surface area contributed by atoms with E-state index in [0.29, 0.717) is 12.6 Å². The van der Waals surface area contributed by atoms with Gasteiger partial charge in [0.15, 0.2) is 23.0 Å². The number of hydrogen-bond donors (Lipinski definition) is 3. The summed E-state index contributed by atoms with van der Waals surface area (Å²) in [6.07, 6.45) is 8.96. The third kappa shape index (κ3) is 8.07. The molecule has 6 nitrogen and oxygen atoms in total. The highest BCUT2D eigenvalue weighted by atomic mass is 35.5. The molecular weight excluding hydrogens is 499 g/mol. The highest BCUT2D eigenvalue weighted by Crippen LogP contribution is 2.37. The number of rotatable bonds is 12. The molecule has 0 bridgehead atoms. The van der Waals surface area contributed by atoms with E-state index >= 15 is 0 Å². The Hall–Kier alpha value is -1.86. The van der Waals surface area contributed by atoms with Crippen molar-refractivity contribution in [3.63, 3.8) is 0 Å². The monoisotopic (exact) mass is 540 g/mol. The van der Waals surface area contributed by atoms with Crippen LogP contribution < -0.4 is 14.8 Å². The second kappa shape index (κ2) is 15.4. The zero-order valence-electron chi connectivity index (χ0n) is 21.3. The van der Waals surface area contributed by atoms with E-state index in [0.717, 1.165) is 68.9 Å². The zero-order valence-corrected chi connectivity index (χ0v) is 22.9. The van der Waals surface area contributed by atoms with Crippen LogP contribution in [0.15, 0.2) is 36.4 Å². The van der Waals surface area contributed by atoms with Crippen LogP contribution in [0.5, 0.6) is 23.0 Å². The van der Waals surface area contributed by atoms with Crippen molar-refractivity contribution in [2.24, 2.45) is 0 Å². The number of nitrogens with one attached hydrogen (secondary N) is 1. The number of ether oxygens (including phenoxy) is 2. The minimum absolute atomic E-state index is 0. The highest BCUT2D eigenvalue weighted by Gasteiger charge is 2.26. The van der Waals surface area contributed by atoms with E-state index in [2.05, 4.69) is 17.1 Å². The van der Waals surface area contributed by atoms with Crippen molar-refractivity contribution >= 4 is 24.8 Å². The van der Waals surface area contributed by atoms with Gasteiger partial charge in [0.1, 0.15) is 12.7 Å². The largest absolute Gasteiger partial charge is 0.504 e. The van der Waals surface area contributed by atoms with Crippen molar-refractivity contribution in [3.05, 3.63) is 47.5 Å². The Bertz CT molecular complexity index is 930. The fraction of sp³-hybridized carbons (Fsp3) is 0.571. The minimum Gasteiger partial charge on any atom is -0.504 e. The topological polar surface area (TPSA) is 74.2 Å².